The fourth-order valence-corrected chi connectivity index (χ4v) is 1.97. The van der Waals surface area contributed by atoms with Crippen molar-refractivity contribution in [2.45, 2.75) is 13.8 Å². The zero-order valence-electron chi connectivity index (χ0n) is 12.3. The van der Waals surface area contributed by atoms with E-state index in [-0.39, 0.29) is 5.75 Å². The van der Waals surface area contributed by atoms with E-state index in [1.165, 1.54) is 0 Å². The van der Waals surface area contributed by atoms with Crippen molar-refractivity contribution >= 4 is 0 Å². The van der Waals surface area contributed by atoms with Crippen molar-refractivity contribution in [1.29, 1.82) is 0 Å². The molecule has 0 bridgehead atoms. The average molecular weight is 288 g/mol. The predicted octanol–water partition coefficient (Wildman–Crippen LogP) is 3.56. The monoisotopic (exact) mass is 288 g/mol. The second-order valence-electron chi connectivity index (χ2n) is 4.58. The van der Waals surface area contributed by atoms with E-state index in [9.17, 15) is 5.11 Å². The van der Waals surface area contributed by atoms with Gasteiger partial charge in [0, 0.05) is 6.07 Å². The van der Waals surface area contributed by atoms with E-state index >= 15 is 0 Å². The Balaban J connectivity index is 1.84. The van der Waals surface area contributed by atoms with Gasteiger partial charge in [-0.15, -0.1) is 0 Å². The number of hydrogen-bond donors (Lipinski definition) is 1. The van der Waals surface area contributed by atoms with Gasteiger partial charge in [-0.1, -0.05) is 12.1 Å². The molecule has 0 unspecified atom stereocenters. The Kier molecular flexibility index (Phi) is 5.32. The van der Waals surface area contributed by atoms with Gasteiger partial charge in [0.1, 0.15) is 24.7 Å². The lowest BCUT2D eigenvalue weighted by atomic mass is 10.2. The highest BCUT2D eigenvalue weighted by Gasteiger charge is 2.03. The largest absolute Gasteiger partial charge is 0.508 e. The summed E-state index contributed by atoms with van der Waals surface area (Å²) in [6.07, 6.45) is 0. The zero-order chi connectivity index (χ0) is 15.1. The molecule has 0 aliphatic rings. The van der Waals surface area contributed by atoms with Gasteiger partial charge in [-0.3, -0.25) is 0 Å². The molecule has 0 saturated heterocycles. The van der Waals surface area contributed by atoms with Crippen LogP contribution in [0.15, 0.2) is 42.5 Å². The third kappa shape index (κ3) is 4.60. The number of ether oxygens (including phenoxy) is 3. The highest BCUT2D eigenvalue weighted by molar-refractivity contribution is 5.39. The molecule has 4 nitrogen and oxygen atoms in total. The molecule has 0 amide bonds. The normalized spacial score (nSPS) is 10.2. The van der Waals surface area contributed by atoms with Crippen LogP contribution in [0.3, 0.4) is 0 Å². The smallest absolute Gasteiger partial charge is 0.161 e. The van der Waals surface area contributed by atoms with Gasteiger partial charge in [0.05, 0.1) is 6.61 Å². The van der Waals surface area contributed by atoms with Crippen LogP contribution in [0.5, 0.6) is 23.0 Å². The first-order valence-corrected chi connectivity index (χ1v) is 6.97. The minimum atomic E-state index is 0.201. The minimum Gasteiger partial charge on any atom is -0.508 e. The molecule has 112 valence electrons. The topological polar surface area (TPSA) is 47.9 Å². The SMILES string of the molecule is CCOc1ccccc1OCCOc1cc(C)cc(O)c1. The summed E-state index contributed by atoms with van der Waals surface area (Å²) in [6, 6.07) is 12.7. The number of phenolic OH excluding ortho intramolecular Hbond substituents is 1. The molecule has 2 aromatic rings. The molecule has 0 aromatic heterocycles. The van der Waals surface area contributed by atoms with Crippen molar-refractivity contribution in [2.75, 3.05) is 19.8 Å². The Labute approximate surface area is 124 Å². The van der Waals surface area contributed by atoms with E-state index < -0.39 is 0 Å². The van der Waals surface area contributed by atoms with E-state index in [2.05, 4.69) is 0 Å². The van der Waals surface area contributed by atoms with Gasteiger partial charge >= 0.3 is 0 Å². The summed E-state index contributed by atoms with van der Waals surface area (Å²) in [5.74, 6) is 2.27. The third-order valence-electron chi connectivity index (χ3n) is 2.79. The van der Waals surface area contributed by atoms with Crippen LogP contribution in [0.1, 0.15) is 12.5 Å². The highest BCUT2D eigenvalue weighted by atomic mass is 16.5. The van der Waals surface area contributed by atoms with Gasteiger partial charge in [0.2, 0.25) is 0 Å². The minimum absolute atomic E-state index is 0.201. The highest BCUT2D eigenvalue weighted by Crippen LogP contribution is 2.26. The summed E-state index contributed by atoms with van der Waals surface area (Å²) in [5, 5.41) is 9.50. The van der Waals surface area contributed by atoms with Gasteiger partial charge in [0.15, 0.2) is 11.5 Å². The van der Waals surface area contributed by atoms with Crippen LogP contribution in [-0.2, 0) is 0 Å². The zero-order valence-corrected chi connectivity index (χ0v) is 12.3. The Morgan fingerprint density at radius 2 is 1.57 bits per heavy atom. The van der Waals surface area contributed by atoms with Crippen molar-refractivity contribution in [2.24, 2.45) is 0 Å². The van der Waals surface area contributed by atoms with E-state index in [1.54, 1.807) is 12.1 Å². The summed E-state index contributed by atoms with van der Waals surface area (Å²) < 4.78 is 16.7. The number of aromatic hydroxyl groups is 1. The molecule has 1 N–H and O–H groups in total. The maximum absolute atomic E-state index is 9.50. The van der Waals surface area contributed by atoms with Gasteiger partial charge in [-0.25, -0.2) is 0 Å². The van der Waals surface area contributed by atoms with Gasteiger partial charge < -0.3 is 19.3 Å². The third-order valence-corrected chi connectivity index (χ3v) is 2.79. The van der Waals surface area contributed by atoms with Crippen molar-refractivity contribution in [3.8, 4) is 23.0 Å². The maximum Gasteiger partial charge on any atom is 0.161 e. The molecule has 0 aliphatic heterocycles. The quantitative estimate of drug-likeness (QED) is 0.791. The molecule has 2 aromatic carbocycles. The lowest BCUT2D eigenvalue weighted by Gasteiger charge is -2.12. The standard InChI is InChI=1S/C17H20O4/c1-3-19-16-6-4-5-7-17(16)21-9-8-20-15-11-13(2)10-14(18)12-15/h4-7,10-12,18H,3,8-9H2,1-2H3. The van der Waals surface area contributed by atoms with Gasteiger partial charge in [-0.2, -0.15) is 0 Å². The molecule has 0 saturated carbocycles. The second kappa shape index (κ2) is 7.43. The number of phenols is 1. The summed E-state index contributed by atoms with van der Waals surface area (Å²) in [6.45, 7) is 5.23. The first-order chi connectivity index (χ1) is 10.2. The molecule has 0 fully saturated rings. The maximum atomic E-state index is 9.50. The van der Waals surface area contributed by atoms with Crippen LogP contribution in [-0.4, -0.2) is 24.9 Å². The summed E-state index contributed by atoms with van der Waals surface area (Å²) >= 11 is 0. The average Bonchev–Trinajstić information content (AvgIpc) is 2.44. The predicted molar refractivity (Wildman–Crippen MR) is 81.4 cm³/mol. The molecule has 0 heterocycles. The van der Waals surface area contributed by atoms with Gasteiger partial charge in [0.25, 0.3) is 0 Å². The van der Waals surface area contributed by atoms with Crippen molar-refractivity contribution < 1.29 is 19.3 Å². The Morgan fingerprint density at radius 3 is 2.24 bits per heavy atom. The summed E-state index contributed by atoms with van der Waals surface area (Å²) in [5.41, 5.74) is 0.951. The fraction of sp³-hybridized carbons (Fsp3) is 0.294. The number of rotatable bonds is 7. The van der Waals surface area contributed by atoms with Crippen LogP contribution in [0, 0.1) is 6.92 Å². The lowest BCUT2D eigenvalue weighted by Crippen LogP contribution is -2.09. The second-order valence-corrected chi connectivity index (χ2v) is 4.58. The Hall–Kier alpha value is -2.36. The van der Waals surface area contributed by atoms with Crippen molar-refractivity contribution in [1.82, 2.24) is 0 Å². The van der Waals surface area contributed by atoms with Crippen LogP contribution in [0.2, 0.25) is 0 Å². The lowest BCUT2D eigenvalue weighted by molar-refractivity contribution is 0.208. The molecule has 0 aliphatic carbocycles. The number of hydrogen-bond acceptors (Lipinski definition) is 4. The van der Waals surface area contributed by atoms with Crippen LogP contribution < -0.4 is 14.2 Å². The van der Waals surface area contributed by atoms with E-state index in [0.717, 1.165) is 11.3 Å². The van der Waals surface area contributed by atoms with E-state index in [0.29, 0.717) is 31.3 Å². The van der Waals surface area contributed by atoms with E-state index in [4.69, 9.17) is 14.2 Å². The van der Waals surface area contributed by atoms with Crippen molar-refractivity contribution in [3.63, 3.8) is 0 Å². The van der Waals surface area contributed by atoms with Crippen LogP contribution in [0.4, 0.5) is 0 Å². The molecule has 21 heavy (non-hydrogen) atoms. The summed E-state index contributed by atoms with van der Waals surface area (Å²) in [4.78, 5) is 0. The number of benzene rings is 2. The van der Waals surface area contributed by atoms with Gasteiger partial charge in [-0.05, 0) is 43.7 Å². The molecular formula is C17H20O4. The first-order valence-electron chi connectivity index (χ1n) is 6.97. The first kappa shape index (κ1) is 15.0. The Bertz CT molecular complexity index is 561. The molecular weight excluding hydrogens is 268 g/mol. The molecule has 0 atom stereocenters. The number of aryl methyl sites for hydroxylation is 1. The van der Waals surface area contributed by atoms with Crippen molar-refractivity contribution in [3.05, 3.63) is 48.0 Å². The molecule has 2 rings (SSSR count). The van der Waals surface area contributed by atoms with Crippen LogP contribution >= 0.6 is 0 Å². The molecule has 4 heteroatoms. The fourth-order valence-electron chi connectivity index (χ4n) is 1.97. The molecule has 0 spiro atoms. The summed E-state index contributed by atoms with van der Waals surface area (Å²) in [7, 11) is 0. The van der Waals surface area contributed by atoms with Crippen LogP contribution in [0.25, 0.3) is 0 Å². The number of para-hydroxylation sites is 2. The Morgan fingerprint density at radius 1 is 0.905 bits per heavy atom. The van der Waals surface area contributed by atoms with E-state index in [1.807, 2.05) is 44.2 Å². The molecule has 0 radical (unpaired) electrons.